The summed E-state index contributed by atoms with van der Waals surface area (Å²) < 4.78 is 5.73. The molecule has 90 valence electrons. The summed E-state index contributed by atoms with van der Waals surface area (Å²) in [6.45, 7) is 10.4. The van der Waals surface area contributed by atoms with Gasteiger partial charge in [-0.25, -0.2) is 0 Å². The van der Waals surface area contributed by atoms with Crippen molar-refractivity contribution in [3.05, 3.63) is 12.2 Å². The third-order valence-corrected chi connectivity index (χ3v) is 3.45. The Morgan fingerprint density at radius 3 is 2.20 bits per heavy atom. The Balaban J connectivity index is 4.51. The molecule has 0 aromatic carbocycles. The summed E-state index contributed by atoms with van der Waals surface area (Å²) in [5.74, 6) is 0. The molecular weight excluding hydrogens is 186 g/mol. The average molecular weight is 213 g/mol. The molecule has 0 aliphatic carbocycles. The van der Waals surface area contributed by atoms with E-state index in [-0.39, 0.29) is 5.60 Å². The summed E-state index contributed by atoms with van der Waals surface area (Å²) in [6, 6.07) is 0.411. The Hall–Kier alpha value is -0.340. The van der Waals surface area contributed by atoms with Gasteiger partial charge in [-0.1, -0.05) is 19.4 Å². The first-order valence-electron chi connectivity index (χ1n) is 5.93. The van der Waals surface area contributed by atoms with Gasteiger partial charge in [0.2, 0.25) is 0 Å². The molecule has 0 radical (unpaired) electrons. The predicted octanol–water partition coefficient (Wildman–Crippen LogP) is 3.14. The maximum atomic E-state index is 5.73. The highest BCUT2D eigenvalue weighted by molar-refractivity contribution is 4.95. The molecule has 0 fully saturated rings. The number of nitrogens with one attached hydrogen (secondary N) is 1. The molecule has 15 heavy (non-hydrogen) atoms. The predicted molar refractivity (Wildman–Crippen MR) is 67.2 cm³/mol. The van der Waals surface area contributed by atoms with Crippen LogP contribution in [0.5, 0.6) is 0 Å². The van der Waals surface area contributed by atoms with Crippen molar-refractivity contribution < 1.29 is 4.74 Å². The summed E-state index contributed by atoms with van der Waals surface area (Å²) >= 11 is 0. The zero-order chi connectivity index (χ0) is 11.9. The van der Waals surface area contributed by atoms with Gasteiger partial charge in [0, 0.05) is 13.2 Å². The van der Waals surface area contributed by atoms with Gasteiger partial charge in [-0.05, 0) is 39.7 Å². The highest BCUT2D eigenvalue weighted by atomic mass is 16.5. The molecule has 1 N–H and O–H groups in total. The molecule has 2 nitrogen and oxygen atoms in total. The lowest BCUT2D eigenvalue weighted by molar-refractivity contribution is -0.0474. The van der Waals surface area contributed by atoms with Crippen LogP contribution in [0.25, 0.3) is 0 Å². The van der Waals surface area contributed by atoms with Crippen LogP contribution in [-0.2, 0) is 4.74 Å². The number of likely N-dealkylation sites (N-methyl/N-ethyl adjacent to an activating group) is 1. The first-order valence-corrected chi connectivity index (χ1v) is 5.93. The number of rotatable bonds is 8. The van der Waals surface area contributed by atoms with Crippen molar-refractivity contribution in [2.45, 2.75) is 58.1 Å². The Morgan fingerprint density at radius 1 is 1.40 bits per heavy atom. The maximum absolute atomic E-state index is 5.73. The highest BCUT2D eigenvalue weighted by Gasteiger charge is 2.34. The zero-order valence-corrected chi connectivity index (χ0v) is 11.0. The van der Waals surface area contributed by atoms with E-state index >= 15 is 0 Å². The highest BCUT2D eigenvalue weighted by Crippen LogP contribution is 2.27. The molecule has 2 heteroatoms. The first kappa shape index (κ1) is 14.7. The zero-order valence-electron chi connectivity index (χ0n) is 11.0. The number of hydrogen-bond acceptors (Lipinski definition) is 2. The van der Waals surface area contributed by atoms with Gasteiger partial charge in [0.15, 0.2) is 0 Å². The van der Waals surface area contributed by atoms with Crippen LogP contribution < -0.4 is 5.32 Å². The van der Waals surface area contributed by atoms with E-state index < -0.39 is 0 Å². The minimum atomic E-state index is -0.0236. The van der Waals surface area contributed by atoms with Crippen LogP contribution in [0, 0.1) is 0 Å². The maximum Gasteiger partial charge on any atom is 0.0825 e. The number of methoxy groups -OCH3 is 1. The molecule has 0 aliphatic rings. The van der Waals surface area contributed by atoms with E-state index in [1.807, 2.05) is 14.2 Å². The third kappa shape index (κ3) is 3.96. The Morgan fingerprint density at radius 2 is 1.93 bits per heavy atom. The van der Waals surface area contributed by atoms with Gasteiger partial charge in [0.05, 0.1) is 5.60 Å². The second-order valence-electron chi connectivity index (χ2n) is 4.31. The van der Waals surface area contributed by atoms with E-state index in [0.29, 0.717) is 6.04 Å². The van der Waals surface area contributed by atoms with Crippen molar-refractivity contribution in [1.82, 2.24) is 5.32 Å². The normalized spacial score (nSPS) is 13.9. The molecule has 0 heterocycles. The molecule has 0 bridgehead atoms. The van der Waals surface area contributed by atoms with Crippen LogP contribution in [0.4, 0.5) is 0 Å². The van der Waals surface area contributed by atoms with Crippen molar-refractivity contribution in [2.75, 3.05) is 14.2 Å². The van der Waals surface area contributed by atoms with E-state index in [2.05, 4.69) is 32.7 Å². The topological polar surface area (TPSA) is 21.3 Å². The van der Waals surface area contributed by atoms with E-state index in [9.17, 15) is 0 Å². The first-order chi connectivity index (χ1) is 7.06. The van der Waals surface area contributed by atoms with Gasteiger partial charge in [0.1, 0.15) is 0 Å². The van der Waals surface area contributed by atoms with E-state index in [4.69, 9.17) is 4.74 Å². The monoisotopic (exact) mass is 213 g/mol. The smallest absolute Gasteiger partial charge is 0.0825 e. The van der Waals surface area contributed by atoms with Crippen LogP contribution >= 0.6 is 0 Å². The van der Waals surface area contributed by atoms with Crippen molar-refractivity contribution in [2.24, 2.45) is 0 Å². The summed E-state index contributed by atoms with van der Waals surface area (Å²) in [5, 5.41) is 3.38. The Kier molecular flexibility index (Phi) is 6.86. The Bertz CT molecular complexity index is 177. The number of ether oxygens (including phenoxy) is 1. The number of allylic oxidation sites excluding steroid dienone is 1. The standard InChI is InChI=1S/C13H27NO/c1-7-13(8-2,15-6)12(14-5)10-9-11(3)4/h12,14H,3,7-10H2,1-2,4-6H3. The van der Waals surface area contributed by atoms with Crippen LogP contribution in [0.3, 0.4) is 0 Å². The van der Waals surface area contributed by atoms with Crippen LogP contribution in [-0.4, -0.2) is 25.8 Å². The quantitative estimate of drug-likeness (QED) is 0.625. The van der Waals surface area contributed by atoms with Crippen LogP contribution in [0.15, 0.2) is 12.2 Å². The molecule has 0 aromatic heterocycles. The van der Waals surface area contributed by atoms with E-state index in [1.165, 1.54) is 5.57 Å². The molecule has 0 saturated heterocycles. The second kappa shape index (κ2) is 7.02. The average Bonchev–Trinajstić information content (AvgIpc) is 2.24. The van der Waals surface area contributed by atoms with E-state index in [0.717, 1.165) is 25.7 Å². The van der Waals surface area contributed by atoms with Gasteiger partial charge in [-0.3, -0.25) is 0 Å². The fourth-order valence-corrected chi connectivity index (χ4v) is 2.23. The van der Waals surface area contributed by atoms with E-state index in [1.54, 1.807) is 0 Å². The van der Waals surface area contributed by atoms with Crippen LogP contribution in [0.2, 0.25) is 0 Å². The van der Waals surface area contributed by atoms with Crippen molar-refractivity contribution in [1.29, 1.82) is 0 Å². The molecule has 0 spiro atoms. The SMILES string of the molecule is C=C(C)CCC(NC)C(CC)(CC)OC. The largest absolute Gasteiger partial charge is 0.377 e. The fraction of sp³-hybridized carbons (Fsp3) is 0.846. The third-order valence-electron chi connectivity index (χ3n) is 3.45. The summed E-state index contributed by atoms with van der Waals surface area (Å²) in [7, 11) is 3.83. The molecule has 0 aliphatic heterocycles. The van der Waals surface area contributed by atoms with Crippen LogP contribution in [0.1, 0.15) is 46.5 Å². The molecule has 0 saturated carbocycles. The summed E-state index contributed by atoms with van der Waals surface area (Å²) in [5.41, 5.74) is 1.22. The Labute approximate surface area is 95.1 Å². The molecular formula is C13H27NO. The van der Waals surface area contributed by atoms with Gasteiger partial charge in [-0.15, -0.1) is 6.58 Å². The van der Waals surface area contributed by atoms with Gasteiger partial charge in [0.25, 0.3) is 0 Å². The fourth-order valence-electron chi connectivity index (χ4n) is 2.23. The summed E-state index contributed by atoms with van der Waals surface area (Å²) in [6.07, 6.45) is 4.25. The lowest BCUT2D eigenvalue weighted by atomic mass is 9.85. The lowest BCUT2D eigenvalue weighted by Crippen LogP contribution is -2.50. The van der Waals surface area contributed by atoms with Gasteiger partial charge < -0.3 is 10.1 Å². The molecule has 1 atom stereocenters. The molecule has 0 rings (SSSR count). The minimum Gasteiger partial charge on any atom is -0.377 e. The minimum absolute atomic E-state index is 0.0236. The molecule has 0 amide bonds. The van der Waals surface area contributed by atoms with Crippen molar-refractivity contribution in [3.8, 4) is 0 Å². The lowest BCUT2D eigenvalue weighted by Gasteiger charge is -2.38. The van der Waals surface area contributed by atoms with Crippen molar-refractivity contribution in [3.63, 3.8) is 0 Å². The molecule has 0 aromatic rings. The van der Waals surface area contributed by atoms with Gasteiger partial charge >= 0.3 is 0 Å². The number of hydrogen-bond donors (Lipinski definition) is 1. The second-order valence-corrected chi connectivity index (χ2v) is 4.31. The van der Waals surface area contributed by atoms with Crippen molar-refractivity contribution >= 4 is 0 Å². The van der Waals surface area contributed by atoms with Gasteiger partial charge in [-0.2, -0.15) is 0 Å². The summed E-state index contributed by atoms with van der Waals surface area (Å²) in [4.78, 5) is 0. The molecule has 1 unspecified atom stereocenters.